The zero-order chi connectivity index (χ0) is 24.8. The SMILES string of the molecule is Cc1cn2cc(NC(=O)c3sc(C4CCN(C(=O)OC(C)(C)C)C(C)C4)cc3F)cc(F)c2n1. The van der Waals surface area contributed by atoms with Crippen LogP contribution < -0.4 is 5.32 Å². The molecule has 2 atom stereocenters. The Morgan fingerprint density at radius 3 is 2.62 bits per heavy atom. The van der Waals surface area contributed by atoms with E-state index in [2.05, 4.69) is 10.3 Å². The zero-order valence-electron chi connectivity index (χ0n) is 19.8. The van der Waals surface area contributed by atoms with E-state index in [4.69, 9.17) is 4.74 Å². The van der Waals surface area contributed by atoms with Gasteiger partial charge in [0, 0.05) is 35.9 Å². The monoisotopic (exact) mass is 490 g/mol. The van der Waals surface area contributed by atoms with E-state index in [1.165, 1.54) is 22.7 Å². The minimum Gasteiger partial charge on any atom is -0.444 e. The van der Waals surface area contributed by atoms with Crippen LogP contribution in [0.4, 0.5) is 19.3 Å². The first-order chi connectivity index (χ1) is 15.9. The molecule has 1 N–H and O–H groups in total. The summed E-state index contributed by atoms with van der Waals surface area (Å²) in [6, 6.07) is 2.48. The topological polar surface area (TPSA) is 75.9 Å². The Labute approximate surface area is 200 Å². The molecule has 1 fully saturated rings. The molecule has 7 nitrogen and oxygen atoms in total. The second-order valence-corrected chi connectivity index (χ2v) is 10.8. The molecule has 2 unspecified atom stereocenters. The predicted octanol–water partition coefficient (Wildman–Crippen LogP) is 5.74. The van der Waals surface area contributed by atoms with Crippen molar-refractivity contribution >= 4 is 34.7 Å². The molecule has 3 aromatic rings. The van der Waals surface area contributed by atoms with Crippen LogP contribution >= 0.6 is 11.3 Å². The summed E-state index contributed by atoms with van der Waals surface area (Å²) >= 11 is 1.09. The molecule has 2 amide bonds. The fourth-order valence-electron chi connectivity index (χ4n) is 4.20. The van der Waals surface area contributed by atoms with Crippen molar-refractivity contribution in [2.45, 2.75) is 65.0 Å². The molecule has 1 saturated heterocycles. The number of thiophene rings is 1. The molecule has 0 spiro atoms. The third-order valence-electron chi connectivity index (χ3n) is 5.70. The van der Waals surface area contributed by atoms with Crippen LogP contribution in [-0.4, -0.2) is 44.5 Å². The number of amides is 2. The van der Waals surface area contributed by atoms with Crippen LogP contribution in [0.3, 0.4) is 0 Å². The van der Waals surface area contributed by atoms with Crippen LogP contribution in [0.2, 0.25) is 0 Å². The summed E-state index contributed by atoms with van der Waals surface area (Å²) in [6.07, 6.45) is 4.11. The van der Waals surface area contributed by atoms with Gasteiger partial charge in [0.1, 0.15) is 16.3 Å². The fraction of sp³-hybridized carbons (Fsp3) is 0.458. The number of nitrogens with zero attached hydrogens (tertiary/aromatic N) is 3. The maximum atomic E-state index is 14.7. The highest BCUT2D eigenvalue weighted by Gasteiger charge is 2.33. The molecule has 4 heterocycles. The van der Waals surface area contributed by atoms with Crippen molar-refractivity contribution in [2.24, 2.45) is 0 Å². The first-order valence-electron chi connectivity index (χ1n) is 11.2. The molecule has 1 aliphatic heterocycles. The van der Waals surface area contributed by atoms with Crippen molar-refractivity contribution in [3.05, 3.63) is 51.6 Å². The quantitative estimate of drug-likeness (QED) is 0.508. The minimum absolute atomic E-state index is 0.0254. The number of ether oxygens (including phenoxy) is 1. The number of hydrogen-bond donors (Lipinski definition) is 1. The first kappa shape index (κ1) is 24.1. The number of piperidine rings is 1. The molecule has 3 aromatic heterocycles. The third-order valence-corrected chi connectivity index (χ3v) is 6.97. The molecule has 0 saturated carbocycles. The van der Waals surface area contributed by atoms with E-state index in [-0.39, 0.29) is 34.3 Å². The Hall–Kier alpha value is -3.01. The number of nitrogens with one attached hydrogen (secondary N) is 1. The highest BCUT2D eigenvalue weighted by atomic mass is 32.1. The van der Waals surface area contributed by atoms with Crippen molar-refractivity contribution in [1.82, 2.24) is 14.3 Å². The van der Waals surface area contributed by atoms with Gasteiger partial charge in [-0.3, -0.25) is 4.79 Å². The first-order valence-corrected chi connectivity index (χ1v) is 12.0. The number of fused-ring (bicyclic) bond motifs is 1. The number of carbonyl (C=O) groups is 2. The molecule has 0 aromatic carbocycles. The van der Waals surface area contributed by atoms with Crippen molar-refractivity contribution < 1.29 is 23.1 Å². The molecule has 1 aliphatic rings. The standard InChI is InChI=1S/C24H28F2N4O3S/c1-13-11-29-12-16(9-18(26)21(29)27-13)28-22(31)20-17(25)10-19(34-20)15-6-7-30(14(2)8-15)23(32)33-24(3,4)5/h9-12,14-15H,6-8H2,1-5H3,(H,28,31). The summed E-state index contributed by atoms with van der Waals surface area (Å²) in [5, 5.41) is 2.58. The Morgan fingerprint density at radius 2 is 1.94 bits per heavy atom. The van der Waals surface area contributed by atoms with Crippen molar-refractivity contribution in [2.75, 3.05) is 11.9 Å². The van der Waals surface area contributed by atoms with Gasteiger partial charge in [-0.25, -0.2) is 18.6 Å². The number of pyridine rings is 1. The average Bonchev–Trinajstić information content (AvgIpc) is 3.29. The normalized spacial score (nSPS) is 18.9. The maximum absolute atomic E-state index is 14.7. The number of aryl methyl sites for hydroxylation is 1. The van der Waals surface area contributed by atoms with Gasteiger partial charge in [0.2, 0.25) is 0 Å². The summed E-state index contributed by atoms with van der Waals surface area (Å²) < 4.78 is 36.0. The van der Waals surface area contributed by atoms with Gasteiger partial charge < -0.3 is 19.4 Å². The molecule has 4 rings (SSSR count). The van der Waals surface area contributed by atoms with E-state index in [9.17, 15) is 18.4 Å². The lowest BCUT2D eigenvalue weighted by atomic mass is 9.90. The second kappa shape index (κ2) is 8.98. The van der Waals surface area contributed by atoms with Gasteiger partial charge in [0.25, 0.3) is 5.91 Å². The molecule has 34 heavy (non-hydrogen) atoms. The Bertz CT molecular complexity index is 1250. The van der Waals surface area contributed by atoms with Crippen molar-refractivity contribution in [3.8, 4) is 0 Å². The van der Waals surface area contributed by atoms with Crippen LogP contribution in [0.5, 0.6) is 0 Å². The van der Waals surface area contributed by atoms with Crippen molar-refractivity contribution in [3.63, 3.8) is 0 Å². The van der Waals surface area contributed by atoms with Crippen LogP contribution in [0.25, 0.3) is 5.65 Å². The number of hydrogen-bond acceptors (Lipinski definition) is 5. The van der Waals surface area contributed by atoms with Gasteiger partial charge in [0.05, 0.1) is 11.4 Å². The molecule has 10 heteroatoms. The third kappa shape index (κ3) is 5.06. The lowest BCUT2D eigenvalue weighted by molar-refractivity contribution is 0.0104. The number of aromatic nitrogens is 2. The van der Waals surface area contributed by atoms with Crippen molar-refractivity contribution in [1.29, 1.82) is 0 Å². The molecular formula is C24H28F2N4O3S. The van der Waals surface area contributed by atoms with Gasteiger partial charge in [0.15, 0.2) is 11.5 Å². The summed E-state index contributed by atoms with van der Waals surface area (Å²) in [4.78, 5) is 31.7. The van der Waals surface area contributed by atoms with Crippen LogP contribution in [-0.2, 0) is 4.74 Å². The van der Waals surface area contributed by atoms with E-state index in [0.29, 0.717) is 25.1 Å². The smallest absolute Gasteiger partial charge is 0.410 e. The summed E-state index contributed by atoms with van der Waals surface area (Å²) in [5.74, 6) is -1.80. The van der Waals surface area contributed by atoms with Gasteiger partial charge in [-0.1, -0.05) is 0 Å². The average molecular weight is 491 g/mol. The molecule has 0 bridgehead atoms. The number of carbonyl (C=O) groups excluding carboxylic acids is 2. The Balaban J connectivity index is 1.45. The van der Waals surface area contributed by atoms with Gasteiger partial charge in [-0.15, -0.1) is 11.3 Å². The highest BCUT2D eigenvalue weighted by molar-refractivity contribution is 7.14. The minimum atomic E-state index is -0.636. The Morgan fingerprint density at radius 1 is 1.21 bits per heavy atom. The Kier molecular flexibility index (Phi) is 6.37. The summed E-state index contributed by atoms with van der Waals surface area (Å²) in [5.41, 5.74) is 0.438. The predicted molar refractivity (Wildman–Crippen MR) is 126 cm³/mol. The number of halogens is 2. The summed E-state index contributed by atoms with van der Waals surface area (Å²) in [6.45, 7) is 9.65. The second-order valence-electron chi connectivity index (χ2n) is 9.71. The molecule has 0 aliphatic carbocycles. The summed E-state index contributed by atoms with van der Waals surface area (Å²) in [7, 11) is 0. The fourth-order valence-corrected chi connectivity index (χ4v) is 5.28. The van der Waals surface area contributed by atoms with E-state index >= 15 is 0 Å². The van der Waals surface area contributed by atoms with E-state index in [1.807, 2.05) is 27.7 Å². The molecular weight excluding hydrogens is 462 g/mol. The molecule has 182 valence electrons. The van der Waals surface area contributed by atoms with Crippen LogP contribution in [0.1, 0.15) is 66.7 Å². The largest absolute Gasteiger partial charge is 0.444 e. The number of imidazole rings is 1. The van der Waals surface area contributed by atoms with Gasteiger partial charge in [-0.2, -0.15) is 0 Å². The maximum Gasteiger partial charge on any atom is 0.410 e. The lowest BCUT2D eigenvalue weighted by Crippen LogP contribution is -2.46. The van der Waals surface area contributed by atoms with Gasteiger partial charge >= 0.3 is 6.09 Å². The molecule has 0 radical (unpaired) electrons. The van der Waals surface area contributed by atoms with E-state index < -0.39 is 23.1 Å². The number of likely N-dealkylation sites (tertiary alicyclic amines) is 1. The van der Waals surface area contributed by atoms with E-state index in [0.717, 1.165) is 16.2 Å². The zero-order valence-corrected chi connectivity index (χ0v) is 20.6. The number of anilines is 1. The highest BCUT2D eigenvalue weighted by Crippen LogP contribution is 2.37. The number of rotatable bonds is 3. The van der Waals surface area contributed by atoms with E-state index in [1.54, 1.807) is 18.0 Å². The lowest BCUT2D eigenvalue weighted by Gasteiger charge is -2.38. The van der Waals surface area contributed by atoms with Crippen LogP contribution in [0.15, 0.2) is 24.5 Å². The van der Waals surface area contributed by atoms with Crippen LogP contribution in [0, 0.1) is 18.6 Å². The van der Waals surface area contributed by atoms with Gasteiger partial charge in [-0.05, 0) is 59.4 Å².